The third-order valence-corrected chi connectivity index (χ3v) is 6.04. The number of carbonyl (C=O) groups is 2. The molecule has 0 amide bonds. The van der Waals surface area contributed by atoms with E-state index in [0.717, 1.165) is 6.42 Å². The lowest BCUT2D eigenvalue weighted by Crippen LogP contribution is -2.38. The predicted octanol–water partition coefficient (Wildman–Crippen LogP) is 3.37. The van der Waals surface area contributed by atoms with E-state index in [4.69, 9.17) is 4.74 Å². The Balaban J connectivity index is 0.000000276. The highest BCUT2D eigenvalue weighted by Gasteiger charge is 2.62. The Hall–Kier alpha value is -2.20. The zero-order chi connectivity index (χ0) is 20.0. The second-order valence-electron chi connectivity index (χ2n) is 7.47. The standard InChI is InChI=1S/C13H20O2.C7H9NO3/c1-5-11(14)15-10-8-9-6-7-13(10,4)12(9,2)3;1-3-11-7(10)6(2)4-8-5-9/h5,9-10H,1,6-8H2,2-4H3;2-4H2,1H3. The molecule has 26 heavy (non-hydrogen) atoms. The summed E-state index contributed by atoms with van der Waals surface area (Å²) in [6.45, 7) is 15.6. The summed E-state index contributed by atoms with van der Waals surface area (Å²) < 4.78 is 10.0. The highest BCUT2D eigenvalue weighted by Crippen LogP contribution is 2.66. The van der Waals surface area contributed by atoms with Gasteiger partial charge in [-0.3, -0.25) is 0 Å². The van der Waals surface area contributed by atoms with Gasteiger partial charge in [-0.05, 0) is 37.5 Å². The minimum Gasteiger partial charge on any atom is -0.463 e. The number of hydrogen-bond donors (Lipinski definition) is 0. The number of rotatable bonds is 6. The van der Waals surface area contributed by atoms with Gasteiger partial charge in [-0.15, -0.1) is 0 Å². The van der Waals surface area contributed by atoms with Crippen molar-refractivity contribution < 1.29 is 23.9 Å². The van der Waals surface area contributed by atoms with Gasteiger partial charge in [-0.25, -0.2) is 19.4 Å². The van der Waals surface area contributed by atoms with Gasteiger partial charge in [0.05, 0.1) is 18.7 Å². The van der Waals surface area contributed by atoms with Crippen molar-refractivity contribution in [1.29, 1.82) is 0 Å². The fourth-order valence-corrected chi connectivity index (χ4v) is 3.92. The van der Waals surface area contributed by atoms with Crippen LogP contribution in [0.5, 0.6) is 0 Å². The van der Waals surface area contributed by atoms with Crippen LogP contribution in [0.4, 0.5) is 0 Å². The minimum atomic E-state index is -0.522. The number of hydrogen-bond acceptors (Lipinski definition) is 6. The fourth-order valence-electron chi connectivity index (χ4n) is 3.92. The van der Waals surface area contributed by atoms with Crippen LogP contribution in [0.25, 0.3) is 0 Å². The lowest BCUT2D eigenvalue weighted by molar-refractivity contribution is -0.150. The van der Waals surface area contributed by atoms with Crippen molar-refractivity contribution >= 4 is 18.0 Å². The average Bonchev–Trinajstić information content (AvgIpc) is 2.93. The number of ether oxygens (including phenoxy) is 2. The van der Waals surface area contributed by atoms with E-state index in [1.165, 1.54) is 25.0 Å². The second-order valence-corrected chi connectivity index (χ2v) is 7.47. The first-order valence-electron chi connectivity index (χ1n) is 8.85. The van der Waals surface area contributed by atoms with Crippen LogP contribution in [0.1, 0.15) is 47.0 Å². The van der Waals surface area contributed by atoms with Crippen molar-refractivity contribution in [2.75, 3.05) is 13.2 Å². The normalized spacial score (nSPS) is 27.4. The van der Waals surface area contributed by atoms with Gasteiger partial charge >= 0.3 is 11.9 Å². The van der Waals surface area contributed by atoms with Crippen molar-refractivity contribution in [3.8, 4) is 0 Å². The van der Waals surface area contributed by atoms with Crippen molar-refractivity contribution in [2.45, 2.75) is 53.1 Å². The molecule has 0 N–H and O–H groups in total. The van der Waals surface area contributed by atoms with Crippen LogP contribution in [0, 0.1) is 16.7 Å². The lowest BCUT2D eigenvalue weighted by atomic mass is 9.70. The molecule has 2 bridgehead atoms. The number of esters is 2. The summed E-state index contributed by atoms with van der Waals surface area (Å²) in [7, 11) is 0. The maximum absolute atomic E-state index is 11.3. The summed E-state index contributed by atoms with van der Waals surface area (Å²) in [5, 5.41) is 0. The van der Waals surface area contributed by atoms with Crippen molar-refractivity contribution in [3.05, 3.63) is 24.8 Å². The average molecular weight is 363 g/mol. The third-order valence-electron chi connectivity index (χ3n) is 6.04. The van der Waals surface area contributed by atoms with Crippen LogP contribution >= 0.6 is 0 Å². The maximum Gasteiger partial charge on any atom is 0.335 e. The van der Waals surface area contributed by atoms with E-state index in [-0.39, 0.29) is 29.6 Å². The smallest absolute Gasteiger partial charge is 0.335 e. The van der Waals surface area contributed by atoms with Crippen molar-refractivity contribution in [2.24, 2.45) is 21.7 Å². The van der Waals surface area contributed by atoms with Crippen molar-refractivity contribution in [3.63, 3.8) is 0 Å². The third kappa shape index (κ3) is 4.50. The molecule has 2 aliphatic rings. The van der Waals surface area contributed by atoms with E-state index >= 15 is 0 Å². The molecule has 144 valence electrons. The van der Waals surface area contributed by atoms with Gasteiger partial charge < -0.3 is 9.47 Å². The molecular weight excluding hydrogens is 334 g/mol. The summed E-state index contributed by atoms with van der Waals surface area (Å²) in [6, 6.07) is 0. The molecule has 2 aliphatic carbocycles. The minimum absolute atomic E-state index is 0.0394. The van der Waals surface area contributed by atoms with Gasteiger partial charge in [-0.2, -0.15) is 0 Å². The van der Waals surface area contributed by atoms with Gasteiger partial charge in [-0.1, -0.05) is 33.9 Å². The molecule has 0 aromatic carbocycles. The fraction of sp³-hybridized carbons (Fsp3) is 0.650. The molecule has 2 fully saturated rings. The molecule has 0 aromatic rings. The number of aliphatic imine (C=N–C) groups is 1. The van der Waals surface area contributed by atoms with Gasteiger partial charge in [0, 0.05) is 11.5 Å². The number of isocyanates is 1. The highest BCUT2D eigenvalue weighted by atomic mass is 16.5. The first-order chi connectivity index (χ1) is 12.1. The van der Waals surface area contributed by atoms with Gasteiger partial charge in [0.1, 0.15) is 6.10 Å². The number of fused-ring (bicyclic) bond motifs is 2. The second kappa shape index (κ2) is 8.95. The predicted molar refractivity (Wildman–Crippen MR) is 98.1 cm³/mol. The van der Waals surface area contributed by atoms with Gasteiger partial charge in [0.2, 0.25) is 6.08 Å². The van der Waals surface area contributed by atoms with E-state index in [1.807, 2.05) is 0 Å². The van der Waals surface area contributed by atoms with E-state index in [1.54, 1.807) is 6.92 Å². The zero-order valence-corrected chi connectivity index (χ0v) is 16.2. The van der Waals surface area contributed by atoms with E-state index in [9.17, 15) is 14.4 Å². The molecule has 0 aliphatic heterocycles. The molecule has 0 spiro atoms. The van der Waals surface area contributed by atoms with Crippen LogP contribution in [-0.2, 0) is 23.9 Å². The van der Waals surface area contributed by atoms with Crippen LogP contribution in [-0.4, -0.2) is 37.3 Å². The van der Waals surface area contributed by atoms with E-state index < -0.39 is 5.97 Å². The van der Waals surface area contributed by atoms with Crippen LogP contribution in [0.15, 0.2) is 29.8 Å². The maximum atomic E-state index is 11.3. The molecule has 6 nitrogen and oxygen atoms in total. The van der Waals surface area contributed by atoms with E-state index in [0.29, 0.717) is 17.9 Å². The highest BCUT2D eigenvalue weighted by molar-refractivity contribution is 5.88. The topological polar surface area (TPSA) is 82.0 Å². The number of carbonyl (C=O) groups excluding carboxylic acids is 3. The van der Waals surface area contributed by atoms with Crippen LogP contribution in [0.3, 0.4) is 0 Å². The Morgan fingerprint density at radius 1 is 1.35 bits per heavy atom. The molecule has 2 rings (SSSR count). The monoisotopic (exact) mass is 363 g/mol. The summed E-state index contributed by atoms with van der Waals surface area (Å²) >= 11 is 0. The summed E-state index contributed by atoms with van der Waals surface area (Å²) in [5.41, 5.74) is 0.630. The van der Waals surface area contributed by atoms with Gasteiger partial charge in [0.25, 0.3) is 0 Å². The molecule has 3 atom stereocenters. The summed E-state index contributed by atoms with van der Waals surface area (Å²) in [5.74, 6) is -0.0822. The Kier molecular flexibility index (Phi) is 7.52. The Bertz CT molecular complexity index is 618. The van der Waals surface area contributed by atoms with Crippen LogP contribution in [0.2, 0.25) is 0 Å². The van der Waals surface area contributed by atoms with Gasteiger partial charge in [0.15, 0.2) is 0 Å². The first kappa shape index (κ1) is 21.8. The first-order valence-corrected chi connectivity index (χ1v) is 8.85. The molecule has 0 heterocycles. The lowest BCUT2D eigenvalue weighted by Gasteiger charge is -2.38. The molecule has 2 saturated carbocycles. The molecule has 6 heteroatoms. The molecule has 3 unspecified atom stereocenters. The summed E-state index contributed by atoms with van der Waals surface area (Å²) in [4.78, 5) is 34.8. The quantitative estimate of drug-likeness (QED) is 0.313. The molecular formula is C20H29NO5. The molecule has 0 radical (unpaired) electrons. The van der Waals surface area contributed by atoms with Crippen molar-refractivity contribution in [1.82, 2.24) is 0 Å². The van der Waals surface area contributed by atoms with Crippen LogP contribution < -0.4 is 0 Å². The molecule has 0 aromatic heterocycles. The Morgan fingerprint density at radius 3 is 2.42 bits per heavy atom. The summed E-state index contributed by atoms with van der Waals surface area (Å²) in [6.07, 6.45) is 6.16. The Labute approximate surface area is 155 Å². The molecule has 0 saturated heterocycles. The Morgan fingerprint density at radius 2 is 2.00 bits per heavy atom. The largest absolute Gasteiger partial charge is 0.463 e. The number of nitrogens with zero attached hydrogens (tertiary/aromatic N) is 1. The SMILES string of the molecule is C=C(CN=C=O)C(=O)OCC.C=CC(=O)OC1CC2CCC1(C)C2(C)C. The zero-order valence-electron chi connectivity index (χ0n) is 16.2. The van der Waals surface area contributed by atoms with E-state index in [2.05, 4.69) is 43.7 Å².